The molecule has 19 heavy (non-hydrogen) atoms. The minimum absolute atomic E-state index is 0.0820. The summed E-state index contributed by atoms with van der Waals surface area (Å²) in [6.45, 7) is 0.572. The molecule has 0 saturated carbocycles. The maximum Gasteiger partial charge on any atom is 0.301 e. The van der Waals surface area contributed by atoms with E-state index in [1.807, 2.05) is 0 Å². The summed E-state index contributed by atoms with van der Waals surface area (Å²) in [5, 5.41) is 25.3. The average Bonchev–Trinajstić information content (AvgIpc) is 2.89. The molecular formula is C10H10N4O5. The number of ether oxygens (including phenoxy) is 1. The van der Waals surface area contributed by atoms with Gasteiger partial charge >= 0.3 is 5.69 Å². The molecule has 1 N–H and O–H groups in total. The summed E-state index contributed by atoms with van der Waals surface area (Å²) in [5.41, 5.74) is 1.83. The lowest BCUT2D eigenvalue weighted by molar-refractivity contribution is -0.393. The number of anilines is 1. The molecule has 1 fully saturated rings. The van der Waals surface area contributed by atoms with E-state index in [1.165, 1.54) is 12.1 Å². The molecule has 0 radical (unpaired) electrons. The van der Waals surface area contributed by atoms with Crippen molar-refractivity contribution >= 4 is 23.0 Å². The van der Waals surface area contributed by atoms with Gasteiger partial charge in [-0.05, 0) is 12.5 Å². The van der Waals surface area contributed by atoms with Gasteiger partial charge in [-0.15, -0.1) is 5.10 Å². The Bertz CT molecular complexity index is 549. The highest BCUT2D eigenvalue weighted by molar-refractivity contribution is 5.79. The second-order valence-corrected chi connectivity index (χ2v) is 3.79. The molecule has 100 valence electrons. The molecule has 0 aliphatic carbocycles. The number of rotatable bonds is 4. The van der Waals surface area contributed by atoms with E-state index in [1.54, 1.807) is 0 Å². The van der Waals surface area contributed by atoms with Crippen LogP contribution in [0.4, 0.5) is 17.1 Å². The number of hydrogen-bond acceptors (Lipinski definition) is 7. The van der Waals surface area contributed by atoms with Crippen molar-refractivity contribution in [2.24, 2.45) is 5.10 Å². The van der Waals surface area contributed by atoms with Crippen LogP contribution in [-0.4, -0.2) is 22.4 Å². The lowest BCUT2D eigenvalue weighted by Gasteiger charge is -2.03. The van der Waals surface area contributed by atoms with Crippen LogP contribution in [0.1, 0.15) is 12.8 Å². The van der Waals surface area contributed by atoms with E-state index in [0.717, 1.165) is 12.5 Å². The zero-order chi connectivity index (χ0) is 13.8. The Balaban J connectivity index is 2.26. The molecule has 0 atom stereocenters. The first-order valence-electron chi connectivity index (χ1n) is 5.46. The van der Waals surface area contributed by atoms with Gasteiger partial charge in [-0.25, -0.2) is 0 Å². The minimum Gasteiger partial charge on any atom is -0.480 e. The molecule has 1 heterocycles. The van der Waals surface area contributed by atoms with Crippen LogP contribution in [0.25, 0.3) is 0 Å². The molecule has 0 unspecified atom stereocenters. The number of non-ortho nitro benzene ring substituents is 1. The highest BCUT2D eigenvalue weighted by Gasteiger charge is 2.19. The number of nitro groups is 2. The van der Waals surface area contributed by atoms with Gasteiger partial charge in [-0.2, -0.15) is 0 Å². The van der Waals surface area contributed by atoms with E-state index in [0.29, 0.717) is 18.9 Å². The van der Waals surface area contributed by atoms with Gasteiger partial charge in [0.1, 0.15) is 5.69 Å². The van der Waals surface area contributed by atoms with Crippen LogP contribution in [0, 0.1) is 20.2 Å². The Morgan fingerprint density at radius 1 is 1.26 bits per heavy atom. The molecule has 0 bridgehead atoms. The van der Waals surface area contributed by atoms with Crippen LogP contribution in [0.15, 0.2) is 23.3 Å². The molecule has 1 aliphatic rings. The summed E-state index contributed by atoms with van der Waals surface area (Å²) < 4.78 is 5.15. The zero-order valence-corrected chi connectivity index (χ0v) is 9.74. The number of hydrazone groups is 1. The Labute approximate surface area is 107 Å². The quantitative estimate of drug-likeness (QED) is 0.657. The minimum atomic E-state index is -0.703. The largest absolute Gasteiger partial charge is 0.480 e. The molecular weight excluding hydrogens is 256 g/mol. The summed E-state index contributed by atoms with van der Waals surface area (Å²) >= 11 is 0. The van der Waals surface area contributed by atoms with Gasteiger partial charge in [0.05, 0.1) is 22.5 Å². The maximum atomic E-state index is 10.9. The van der Waals surface area contributed by atoms with Crippen molar-refractivity contribution in [3.63, 3.8) is 0 Å². The van der Waals surface area contributed by atoms with Gasteiger partial charge in [0.15, 0.2) is 0 Å². The van der Waals surface area contributed by atoms with Crippen LogP contribution in [-0.2, 0) is 4.74 Å². The van der Waals surface area contributed by atoms with Crippen molar-refractivity contribution in [3.8, 4) is 0 Å². The van der Waals surface area contributed by atoms with E-state index in [-0.39, 0.29) is 11.4 Å². The van der Waals surface area contributed by atoms with Gasteiger partial charge in [0, 0.05) is 12.5 Å². The number of benzene rings is 1. The molecule has 1 aliphatic heterocycles. The second kappa shape index (κ2) is 5.29. The molecule has 0 aromatic heterocycles. The van der Waals surface area contributed by atoms with Gasteiger partial charge in [0.25, 0.3) is 5.69 Å². The fourth-order valence-corrected chi connectivity index (χ4v) is 1.58. The Hall–Kier alpha value is -2.71. The summed E-state index contributed by atoms with van der Waals surface area (Å²) in [4.78, 5) is 20.0. The first-order valence-corrected chi connectivity index (χ1v) is 5.46. The van der Waals surface area contributed by atoms with E-state index >= 15 is 0 Å². The standard InChI is InChI=1S/C10H10N4O5/c15-13(16)7-3-4-8(9(6-7)14(17)18)11-12-10-2-1-5-19-10/h3-4,6,11H,1-2,5H2. The Kier molecular flexibility index (Phi) is 3.55. The number of hydrogen-bond donors (Lipinski definition) is 1. The van der Waals surface area contributed by atoms with Gasteiger partial charge in [-0.1, -0.05) is 0 Å². The second-order valence-electron chi connectivity index (χ2n) is 3.79. The number of nitrogens with one attached hydrogen (secondary N) is 1. The number of nitro benzene ring substituents is 2. The van der Waals surface area contributed by atoms with Crippen molar-refractivity contribution in [1.29, 1.82) is 0 Å². The normalized spacial score (nSPS) is 16.1. The highest BCUT2D eigenvalue weighted by atomic mass is 16.6. The fraction of sp³-hybridized carbons (Fsp3) is 0.300. The Morgan fingerprint density at radius 3 is 2.63 bits per heavy atom. The van der Waals surface area contributed by atoms with Gasteiger partial charge in [-0.3, -0.25) is 25.7 Å². The van der Waals surface area contributed by atoms with Crippen molar-refractivity contribution in [2.45, 2.75) is 12.8 Å². The van der Waals surface area contributed by atoms with E-state index in [2.05, 4.69) is 10.5 Å². The first-order chi connectivity index (χ1) is 9.08. The van der Waals surface area contributed by atoms with Gasteiger partial charge in [0.2, 0.25) is 5.90 Å². The van der Waals surface area contributed by atoms with E-state index in [9.17, 15) is 20.2 Å². The Morgan fingerprint density at radius 2 is 2.05 bits per heavy atom. The molecule has 1 aromatic rings. The molecule has 9 heteroatoms. The predicted molar refractivity (Wildman–Crippen MR) is 66.0 cm³/mol. The first kappa shape index (κ1) is 12.7. The molecule has 0 amide bonds. The van der Waals surface area contributed by atoms with Crippen LogP contribution >= 0.6 is 0 Å². The monoisotopic (exact) mass is 266 g/mol. The molecule has 0 spiro atoms. The van der Waals surface area contributed by atoms with Crippen LogP contribution in [0.5, 0.6) is 0 Å². The van der Waals surface area contributed by atoms with Gasteiger partial charge < -0.3 is 4.74 Å². The van der Waals surface area contributed by atoms with E-state index in [4.69, 9.17) is 4.74 Å². The van der Waals surface area contributed by atoms with E-state index < -0.39 is 15.5 Å². The van der Waals surface area contributed by atoms with Crippen molar-refractivity contribution in [2.75, 3.05) is 12.0 Å². The third-order valence-electron chi connectivity index (χ3n) is 2.49. The lowest BCUT2D eigenvalue weighted by Crippen LogP contribution is -2.02. The third-order valence-corrected chi connectivity index (χ3v) is 2.49. The SMILES string of the molecule is O=[N+]([O-])c1ccc(NN=C2CCCO2)c([N+](=O)[O-])c1. The summed E-state index contributed by atoms with van der Waals surface area (Å²) in [6.07, 6.45) is 1.51. The zero-order valence-electron chi connectivity index (χ0n) is 9.74. The summed E-state index contributed by atoms with van der Waals surface area (Å²) in [6, 6.07) is 3.30. The highest BCUT2D eigenvalue weighted by Crippen LogP contribution is 2.29. The third kappa shape index (κ3) is 2.94. The topological polar surface area (TPSA) is 120 Å². The summed E-state index contributed by atoms with van der Waals surface area (Å²) in [7, 11) is 0. The fourth-order valence-electron chi connectivity index (χ4n) is 1.58. The predicted octanol–water partition coefficient (Wildman–Crippen LogP) is 2.04. The van der Waals surface area contributed by atoms with Crippen molar-refractivity contribution in [3.05, 3.63) is 38.4 Å². The van der Waals surface area contributed by atoms with Crippen LogP contribution < -0.4 is 5.43 Å². The summed E-state index contributed by atoms with van der Waals surface area (Å²) in [5.74, 6) is 0.465. The maximum absolute atomic E-state index is 10.9. The molecule has 2 rings (SSSR count). The van der Waals surface area contributed by atoms with Crippen molar-refractivity contribution < 1.29 is 14.6 Å². The average molecular weight is 266 g/mol. The van der Waals surface area contributed by atoms with Crippen LogP contribution in [0.2, 0.25) is 0 Å². The molecule has 1 saturated heterocycles. The molecule has 9 nitrogen and oxygen atoms in total. The lowest BCUT2D eigenvalue weighted by atomic mass is 10.2. The molecule has 1 aromatic carbocycles. The van der Waals surface area contributed by atoms with Crippen LogP contribution in [0.3, 0.4) is 0 Å². The van der Waals surface area contributed by atoms with Crippen molar-refractivity contribution in [1.82, 2.24) is 0 Å². The smallest absolute Gasteiger partial charge is 0.301 e. The number of nitrogens with zero attached hydrogens (tertiary/aromatic N) is 3.